The Morgan fingerprint density at radius 2 is 1.95 bits per heavy atom. The molecule has 1 aliphatic rings. The van der Waals surface area contributed by atoms with Gasteiger partial charge in [-0.3, -0.25) is 0 Å². The fraction of sp³-hybridized carbons (Fsp3) is 0.812. The molecule has 0 aromatic carbocycles. The summed E-state index contributed by atoms with van der Waals surface area (Å²) in [4.78, 5) is 10.4. The number of unbranched alkanes of at least 4 members (excludes halogenated alkanes) is 1. The Morgan fingerprint density at radius 3 is 2.32 bits per heavy atom. The van der Waals surface area contributed by atoms with Gasteiger partial charge >= 0.3 is 0 Å². The third-order valence-electron chi connectivity index (χ3n) is 4.86. The molecular formula is C16H30O2Si. The molecular weight excluding hydrogens is 252 g/mol. The van der Waals surface area contributed by atoms with Gasteiger partial charge in [-0.15, -0.1) is 0 Å². The zero-order chi connectivity index (χ0) is 14.7. The third kappa shape index (κ3) is 3.79. The van der Waals surface area contributed by atoms with Gasteiger partial charge in [0.15, 0.2) is 8.32 Å². The molecule has 0 radical (unpaired) electrons. The highest BCUT2D eigenvalue weighted by molar-refractivity contribution is 6.74. The first-order valence-electron chi connectivity index (χ1n) is 7.47. The van der Waals surface area contributed by atoms with Crippen molar-refractivity contribution in [2.45, 2.75) is 83.0 Å². The average molecular weight is 282 g/mol. The van der Waals surface area contributed by atoms with Crippen LogP contribution in [0.5, 0.6) is 0 Å². The third-order valence-corrected chi connectivity index (χ3v) is 9.38. The molecule has 0 aromatic heterocycles. The van der Waals surface area contributed by atoms with E-state index in [0.29, 0.717) is 6.42 Å². The SMILES string of the molecule is C=C(CCCC=O)C1(O[Si](C)(C)C(C)(C)C)CCC1. The molecule has 19 heavy (non-hydrogen) atoms. The van der Waals surface area contributed by atoms with E-state index in [2.05, 4.69) is 40.4 Å². The van der Waals surface area contributed by atoms with Gasteiger partial charge in [0.25, 0.3) is 0 Å². The maximum absolute atomic E-state index is 10.4. The van der Waals surface area contributed by atoms with Crippen LogP contribution >= 0.6 is 0 Å². The molecule has 0 heterocycles. The first-order chi connectivity index (χ1) is 8.65. The minimum atomic E-state index is -1.75. The lowest BCUT2D eigenvalue weighted by atomic mass is 9.74. The molecule has 1 rings (SSSR count). The van der Waals surface area contributed by atoms with Crippen LogP contribution in [0.1, 0.15) is 59.3 Å². The molecule has 0 bridgehead atoms. The molecule has 0 aliphatic heterocycles. The lowest BCUT2D eigenvalue weighted by molar-refractivity contribution is -0.107. The standard InChI is InChI=1S/C16H30O2Si/c1-14(10-7-8-13-17)16(11-9-12-16)18-19(5,6)15(2,3)4/h13H,1,7-12H2,2-6H3. The molecule has 1 saturated carbocycles. The summed E-state index contributed by atoms with van der Waals surface area (Å²) in [5, 5.41) is 0.235. The molecule has 0 atom stereocenters. The summed E-state index contributed by atoms with van der Waals surface area (Å²) in [5.41, 5.74) is 1.14. The van der Waals surface area contributed by atoms with Gasteiger partial charge in [-0.25, -0.2) is 0 Å². The molecule has 0 saturated heterocycles. The summed E-state index contributed by atoms with van der Waals surface area (Å²) < 4.78 is 6.67. The van der Waals surface area contributed by atoms with Crippen molar-refractivity contribution < 1.29 is 9.22 Å². The van der Waals surface area contributed by atoms with Gasteiger partial charge in [-0.2, -0.15) is 0 Å². The topological polar surface area (TPSA) is 26.3 Å². The number of aldehydes is 1. The lowest BCUT2D eigenvalue weighted by Crippen LogP contribution is -2.53. The van der Waals surface area contributed by atoms with Gasteiger partial charge in [-0.05, 0) is 55.8 Å². The normalized spacial score (nSPS) is 18.8. The van der Waals surface area contributed by atoms with E-state index in [9.17, 15) is 4.79 Å². The van der Waals surface area contributed by atoms with Crippen molar-refractivity contribution in [2.24, 2.45) is 0 Å². The van der Waals surface area contributed by atoms with Crippen LogP contribution in [0, 0.1) is 0 Å². The second-order valence-electron chi connectivity index (χ2n) is 7.37. The fourth-order valence-corrected chi connectivity index (χ4v) is 3.93. The monoisotopic (exact) mass is 282 g/mol. The first-order valence-corrected chi connectivity index (χ1v) is 10.4. The van der Waals surface area contributed by atoms with Gasteiger partial charge in [0.1, 0.15) is 6.29 Å². The van der Waals surface area contributed by atoms with Gasteiger partial charge in [0.05, 0.1) is 5.60 Å². The van der Waals surface area contributed by atoms with E-state index in [0.717, 1.165) is 32.0 Å². The minimum Gasteiger partial charge on any atom is -0.408 e. The molecule has 0 amide bonds. The maximum Gasteiger partial charge on any atom is 0.193 e. The highest BCUT2D eigenvalue weighted by Crippen LogP contribution is 2.49. The second-order valence-corrected chi connectivity index (χ2v) is 12.1. The highest BCUT2D eigenvalue weighted by Gasteiger charge is 2.48. The van der Waals surface area contributed by atoms with Gasteiger partial charge in [-0.1, -0.05) is 27.4 Å². The van der Waals surface area contributed by atoms with Crippen molar-refractivity contribution in [3.63, 3.8) is 0 Å². The zero-order valence-electron chi connectivity index (χ0n) is 13.3. The Balaban J connectivity index is 2.71. The Hall–Kier alpha value is -0.413. The van der Waals surface area contributed by atoms with E-state index < -0.39 is 8.32 Å². The smallest absolute Gasteiger partial charge is 0.193 e. The van der Waals surface area contributed by atoms with Crippen molar-refractivity contribution in [1.82, 2.24) is 0 Å². The van der Waals surface area contributed by atoms with Gasteiger partial charge < -0.3 is 9.22 Å². The summed E-state index contributed by atoms with van der Waals surface area (Å²) in [6, 6.07) is 0. The predicted molar refractivity (Wildman–Crippen MR) is 83.9 cm³/mol. The van der Waals surface area contributed by atoms with Crippen molar-refractivity contribution in [3.8, 4) is 0 Å². The van der Waals surface area contributed by atoms with Crippen molar-refractivity contribution in [1.29, 1.82) is 0 Å². The number of rotatable bonds is 7. The summed E-state index contributed by atoms with van der Waals surface area (Å²) in [7, 11) is -1.75. The number of carbonyl (C=O) groups is 1. The van der Waals surface area contributed by atoms with Crippen molar-refractivity contribution in [2.75, 3.05) is 0 Å². The molecule has 3 heteroatoms. The van der Waals surface area contributed by atoms with Crippen LogP contribution in [-0.2, 0) is 9.22 Å². The molecule has 1 fully saturated rings. The number of hydrogen-bond donors (Lipinski definition) is 0. The number of carbonyl (C=O) groups excluding carboxylic acids is 1. The molecule has 1 aliphatic carbocycles. The summed E-state index contributed by atoms with van der Waals surface area (Å²) in [6.07, 6.45) is 6.92. The fourth-order valence-electron chi connectivity index (χ4n) is 2.29. The first kappa shape index (κ1) is 16.6. The summed E-state index contributed by atoms with van der Waals surface area (Å²) in [6.45, 7) is 15.7. The lowest BCUT2D eigenvalue weighted by Gasteiger charge is -2.51. The van der Waals surface area contributed by atoms with E-state index >= 15 is 0 Å². The minimum absolute atomic E-state index is 0.0775. The zero-order valence-corrected chi connectivity index (χ0v) is 14.3. The quantitative estimate of drug-likeness (QED) is 0.288. The molecule has 0 N–H and O–H groups in total. The van der Waals surface area contributed by atoms with Crippen LogP contribution in [0.15, 0.2) is 12.2 Å². The maximum atomic E-state index is 10.4. The summed E-state index contributed by atoms with van der Waals surface area (Å²) in [5.74, 6) is 0. The largest absolute Gasteiger partial charge is 0.408 e. The predicted octanol–water partition coefficient (Wildman–Crippen LogP) is 4.86. The average Bonchev–Trinajstić information content (AvgIpc) is 2.22. The van der Waals surface area contributed by atoms with Crippen LogP contribution in [0.3, 0.4) is 0 Å². The molecule has 0 unspecified atom stereocenters. The van der Waals surface area contributed by atoms with E-state index in [4.69, 9.17) is 4.43 Å². The Kier molecular flexibility index (Phi) is 5.19. The molecule has 110 valence electrons. The summed E-state index contributed by atoms with van der Waals surface area (Å²) >= 11 is 0. The van der Waals surface area contributed by atoms with Gasteiger partial charge in [0, 0.05) is 6.42 Å². The van der Waals surface area contributed by atoms with Crippen LogP contribution in [0.2, 0.25) is 18.1 Å². The van der Waals surface area contributed by atoms with E-state index in [1.54, 1.807) is 0 Å². The van der Waals surface area contributed by atoms with Gasteiger partial charge in [0.2, 0.25) is 0 Å². The van der Waals surface area contributed by atoms with Crippen molar-refractivity contribution >= 4 is 14.6 Å². The Bertz CT molecular complexity index is 335. The van der Waals surface area contributed by atoms with E-state index in [1.807, 2.05) is 0 Å². The van der Waals surface area contributed by atoms with Crippen LogP contribution in [-0.4, -0.2) is 20.2 Å². The number of hydrogen-bond acceptors (Lipinski definition) is 2. The molecule has 2 nitrogen and oxygen atoms in total. The molecule has 0 spiro atoms. The molecule has 0 aromatic rings. The van der Waals surface area contributed by atoms with Crippen LogP contribution < -0.4 is 0 Å². The van der Waals surface area contributed by atoms with Crippen LogP contribution in [0.4, 0.5) is 0 Å². The van der Waals surface area contributed by atoms with E-state index in [-0.39, 0.29) is 10.6 Å². The Labute approximate surface area is 119 Å². The van der Waals surface area contributed by atoms with Crippen LogP contribution in [0.25, 0.3) is 0 Å². The van der Waals surface area contributed by atoms with E-state index in [1.165, 1.54) is 12.0 Å². The highest BCUT2D eigenvalue weighted by atomic mass is 28.4. The Morgan fingerprint density at radius 1 is 1.37 bits per heavy atom. The second kappa shape index (κ2) is 5.92. The van der Waals surface area contributed by atoms with Crippen molar-refractivity contribution in [3.05, 3.63) is 12.2 Å².